The summed E-state index contributed by atoms with van der Waals surface area (Å²) < 4.78 is 2.37. The maximum atomic E-state index is 4.59. The van der Waals surface area contributed by atoms with Gasteiger partial charge in [0.15, 0.2) is 0 Å². The summed E-state index contributed by atoms with van der Waals surface area (Å²) >= 11 is 3.49. The van der Waals surface area contributed by atoms with E-state index in [1.165, 1.54) is 30.3 Å². The molecule has 3 heteroatoms. The number of alkyl halides is 1. The molecule has 0 unspecified atom stereocenters. The molecule has 0 atom stereocenters. The van der Waals surface area contributed by atoms with E-state index in [4.69, 9.17) is 0 Å². The highest BCUT2D eigenvalue weighted by Crippen LogP contribution is 2.48. The number of hydrogen-bond acceptors (Lipinski definition) is 1. The van der Waals surface area contributed by atoms with E-state index in [0.29, 0.717) is 11.5 Å². The average Bonchev–Trinajstić information content (AvgIpc) is 2.76. The number of nitrogens with zero attached hydrogens (tertiary/aromatic N) is 2. The van der Waals surface area contributed by atoms with Crippen molar-refractivity contribution in [1.29, 1.82) is 0 Å². The predicted octanol–water partition coefficient (Wildman–Crippen LogP) is 4.72. The minimum Gasteiger partial charge on any atom is -0.327 e. The van der Waals surface area contributed by atoms with Gasteiger partial charge in [-0.1, -0.05) is 35.8 Å². The predicted molar refractivity (Wildman–Crippen MR) is 83.9 cm³/mol. The second kappa shape index (κ2) is 4.93. The summed E-state index contributed by atoms with van der Waals surface area (Å²) in [6.07, 6.45) is 6.87. The highest BCUT2D eigenvalue weighted by atomic mass is 79.9. The molecular formula is C16H21BrN2. The third-order valence-electron chi connectivity index (χ3n) is 4.21. The van der Waals surface area contributed by atoms with Gasteiger partial charge in [0.2, 0.25) is 0 Å². The molecule has 0 saturated heterocycles. The van der Waals surface area contributed by atoms with Gasteiger partial charge in [0.1, 0.15) is 0 Å². The number of benzene rings is 1. The molecule has 102 valence electrons. The molecule has 0 spiro atoms. The number of aromatic nitrogens is 2. The van der Waals surface area contributed by atoms with Crippen molar-refractivity contribution in [3.05, 3.63) is 30.1 Å². The Morgan fingerprint density at radius 2 is 2.16 bits per heavy atom. The molecule has 19 heavy (non-hydrogen) atoms. The van der Waals surface area contributed by atoms with E-state index in [-0.39, 0.29) is 0 Å². The number of rotatable bonds is 4. The molecule has 2 aromatic rings. The van der Waals surface area contributed by atoms with Crippen LogP contribution in [0.2, 0.25) is 0 Å². The Morgan fingerprint density at radius 1 is 1.37 bits per heavy atom. The van der Waals surface area contributed by atoms with Gasteiger partial charge in [0.05, 0.1) is 17.4 Å². The summed E-state index contributed by atoms with van der Waals surface area (Å²) in [6, 6.07) is 7.40. The summed E-state index contributed by atoms with van der Waals surface area (Å²) in [5, 5.41) is 1.07. The molecule has 1 aliphatic rings. The number of fused-ring (bicyclic) bond motifs is 1. The van der Waals surface area contributed by atoms with Crippen molar-refractivity contribution in [2.75, 3.05) is 5.33 Å². The van der Waals surface area contributed by atoms with E-state index in [2.05, 4.69) is 57.5 Å². The van der Waals surface area contributed by atoms with E-state index in [1.54, 1.807) is 0 Å². The van der Waals surface area contributed by atoms with Crippen LogP contribution in [-0.4, -0.2) is 14.9 Å². The van der Waals surface area contributed by atoms with Crippen LogP contribution in [0.4, 0.5) is 0 Å². The Labute approximate surface area is 123 Å². The summed E-state index contributed by atoms with van der Waals surface area (Å²) in [6.45, 7) is 4.70. The van der Waals surface area contributed by atoms with Crippen LogP contribution >= 0.6 is 15.9 Å². The molecule has 1 aliphatic carbocycles. The fraction of sp³-hybridized carbons (Fsp3) is 0.562. The Bertz CT molecular complexity index is 577. The topological polar surface area (TPSA) is 17.8 Å². The van der Waals surface area contributed by atoms with Crippen LogP contribution in [0, 0.1) is 5.41 Å². The van der Waals surface area contributed by atoms with Crippen LogP contribution in [0.3, 0.4) is 0 Å². The normalized spacial score (nSPS) is 18.7. The Morgan fingerprint density at radius 3 is 2.84 bits per heavy atom. The first kappa shape index (κ1) is 13.2. The van der Waals surface area contributed by atoms with Gasteiger partial charge in [-0.25, -0.2) is 4.98 Å². The van der Waals surface area contributed by atoms with Crippen molar-refractivity contribution < 1.29 is 0 Å². The minimum absolute atomic E-state index is 0.511. The van der Waals surface area contributed by atoms with Crippen molar-refractivity contribution in [2.24, 2.45) is 5.41 Å². The van der Waals surface area contributed by atoms with E-state index in [0.717, 1.165) is 17.3 Å². The second-order valence-electron chi connectivity index (χ2n) is 6.49. The van der Waals surface area contributed by atoms with Gasteiger partial charge in [-0.05, 0) is 48.8 Å². The molecule has 1 fully saturated rings. The quantitative estimate of drug-likeness (QED) is 0.745. The van der Waals surface area contributed by atoms with Crippen LogP contribution in [-0.2, 0) is 6.42 Å². The lowest BCUT2D eigenvalue weighted by atomic mass is 9.68. The average molecular weight is 321 g/mol. The molecule has 0 aliphatic heterocycles. The van der Waals surface area contributed by atoms with Gasteiger partial charge in [-0.3, -0.25) is 0 Å². The monoisotopic (exact) mass is 320 g/mol. The smallest absolute Gasteiger partial charge is 0.0960 e. The van der Waals surface area contributed by atoms with Crippen molar-refractivity contribution in [3.8, 4) is 0 Å². The van der Waals surface area contributed by atoms with Crippen molar-refractivity contribution in [2.45, 2.75) is 45.6 Å². The van der Waals surface area contributed by atoms with Crippen LogP contribution in [0.1, 0.15) is 44.7 Å². The first-order valence-electron chi connectivity index (χ1n) is 7.10. The fourth-order valence-electron chi connectivity index (χ4n) is 3.21. The molecule has 1 aromatic heterocycles. The van der Waals surface area contributed by atoms with Gasteiger partial charge >= 0.3 is 0 Å². The van der Waals surface area contributed by atoms with Gasteiger partial charge in [0, 0.05) is 11.4 Å². The van der Waals surface area contributed by atoms with Gasteiger partial charge < -0.3 is 4.57 Å². The lowest BCUT2D eigenvalue weighted by molar-refractivity contribution is 0.107. The molecule has 2 nitrogen and oxygen atoms in total. The molecule has 0 amide bonds. The Balaban J connectivity index is 1.84. The van der Waals surface area contributed by atoms with Crippen LogP contribution in [0.15, 0.2) is 24.5 Å². The number of hydrogen-bond donors (Lipinski definition) is 0. The third kappa shape index (κ3) is 2.58. The van der Waals surface area contributed by atoms with Gasteiger partial charge in [-0.2, -0.15) is 0 Å². The Hall–Kier alpha value is -0.830. The molecular weight excluding hydrogens is 300 g/mol. The molecule has 1 heterocycles. The molecule has 3 rings (SSSR count). The van der Waals surface area contributed by atoms with E-state index in [1.807, 2.05) is 6.33 Å². The summed E-state index contributed by atoms with van der Waals surface area (Å²) in [4.78, 5) is 4.59. The number of imidazole rings is 1. The zero-order chi connectivity index (χ0) is 13.5. The zero-order valence-electron chi connectivity index (χ0n) is 11.7. The van der Waals surface area contributed by atoms with Crippen molar-refractivity contribution in [1.82, 2.24) is 9.55 Å². The SMILES string of the molecule is CC1(C)CC(n2cnc3cc(CCCBr)ccc32)C1. The Kier molecular flexibility index (Phi) is 3.42. The van der Waals surface area contributed by atoms with E-state index >= 15 is 0 Å². The van der Waals surface area contributed by atoms with Crippen molar-refractivity contribution in [3.63, 3.8) is 0 Å². The number of halogens is 1. The second-order valence-corrected chi connectivity index (χ2v) is 7.29. The molecule has 0 radical (unpaired) electrons. The third-order valence-corrected chi connectivity index (χ3v) is 4.77. The molecule has 0 N–H and O–H groups in total. The minimum atomic E-state index is 0.511. The maximum Gasteiger partial charge on any atom is 0.0960 e. The van der Waals surface area contributed by atoms with Crippen LogP contribution in [0.25, 0.3) is 11.0 Å². The first-order valence-corrected chi connectivity index (χ1v) is 8.23. The largest absolute Gasteiger partial charge is 0.327 e. The summed E-state index contributed by atoms with van der Waals surface area (Å²) in [7, 11) is 0. The molecule has 0 bridgehead atoms. The highest BCUT2D eigenvalue weighted by Gasteiger charge is 2.37. The maximum absolute atomic E-state index is 4.59. The number of aryl methyl sites for hydroxylation is 1. The van der Waals surface area contributed by atoms with Gasteiger partial charge in [0.25, 0.3) is 0 Å². The highest BCUT2D eigenvalue weighted by molar-refractivity contribution is 9.09. The van der Waals surface area contributed by atoms with Crippen LogP contribution in [0.5, 0.6) is 0 Å². The van der Waals surface area contributed by atoms with Crippen molar-refractivity contribution >= 4 is 27.0 Å². The van der Waals surface area contributed by atoms with E-state index in [9.17, 15) is 0 Å². The van der Waals surface area contributed by atoms with E-state index < -0.39 is 0 Å². The first-order chi connectivity index (χ1) is 9.09. The lowest BCUT2D eigenvalue weighted by Crippen LogP contribution is -2.33. The molecule has 1 saturated carbocycles. The summed E-state index contributed by atoms with van der Waals surface area (Å²) in [5.41, 5.74) is 4.35. The van der Waals surface area contributed by atoms with Gasteiger partial charge in [-0.15, -0.1) is 0 Å². The summed E-state index contributed by atoms with van der Waals surface area (Å²) in [5.74, 6) is 0. The fourth-order valence-corrected chi connectivity index (χ4v) is 3.49. The lowest BCUT2D eigenvalue weighted by Gasteiger charge is -2.43. The zero-order valence-corrected chi connectivity index (χ0v) is 13.3. The standard InChI is InChI=1S/C16H21BrN2/c1-16(2)9-13(10-16)19-11-18-14-8-12(4-3-7-17)5-6-15(14)19/h5-6,8,11,13H,3-4,7,9-10H2,1-2H3. The van der Waals surface area contributed by atoms with Crippen LogP contribution < -0.4 is 0 Å². The molecule has 1 aromatic carbocycles.